The Kier molecular flexibility index (Phi) is 4.43. The van der Waals surface area contributed by atoms with E-state index in [-0.39, 0.29) is 0 Å². The molecule has 1 aliphatic heterocycles. The second-order valence-corrected chi connectivity index (χ2v) is 6.08. The van der Waals surface area contributed by atoms with Crippen LogP contribution in [0.4, 0.5) is 0 Å². The van der Waals surface area contributed by atoms with Crippen LogP contribution in [0.15, 0.2) is 0 Å². The summed E-state index contributed by atoms with van der Waals surface area (Å²) in [6.45, 7) is 8.35. The lowest BCUT2D eigenvalue weighted by atomic mass is 9.89. The summed E-state index contributed by atoms with van der Waals surface area (Å²) >= 11 is 0. The topological polar surface area (TPSA) is 3.24 Å². The Morgan fingerprint density at radius 3 is 2.43 bits per heavy atom. The predicted molar refractivity (Wildman–Crippen MR) is 63.6 cm³/mol. The van der Waals surface area contributed by atoms with Crippen molar-refractivity contribution in [1.82, 2.24) is 4.90 Å². The molecule has 0 aromatic carbocycles. The predicted octanol–water partition coefficient (Wildman–Crippen LogP) is 3.69. The highest BCUT2D eigenvalue weighted by Crippen LogP contribution is 2.25. The first-order valence-electron chi connectivity index (χ1n) is 6.19. The zero-order valence-corrected chi connectivity index (χ0v) is 10.5. The zero-order chi connectivity index (χ0) is 10.6. The summed E-state index contributed by atoms with van der Waals surface area (Å²) in [6, 6.07) is 0.898. The molecule has 0 aromatic heterocycles. The van der Waals surface area contributed by atoms with Gasteiger partial charge in [-0.2, -0.15) is 0 Å². The number of rotatable bonds is 4. The first-order valence-corrected chi connectivity index (χ1v) is 6.19. The average molecular weight is 197 g/mol. The van der Waals surface area contributed by atoms with Crippen molar-refractivity contribution in [2.45, 2.75) is 65.3 Å². The maximum absolute atomic E-state index is 2.54. The molecule has 0 bridgehead atoms. The first kappa shape index (κ1) is 12.0. The molecule has 1 rings (SSSR count). The summed E-state index contributed by atoms with van der Waals surface area (Å²) in [5, 5.41) is 0. The van der Waals surface area contributed by atoms with Crippen molar-refractivity contribution in [3.8, 4) is 0 Å². The molecule has 1 atom stereocenters. The van der Waals surface area contributed by atoms with Crippen molar-refractivity contribution >= 4 is 0 Å². The summed E-state index contributed by atoms with van der Waals surface area (Å²) in [6.07, 6.45) is 8.49. The van der Waals surface area contributed by atoms with Crippen LogP contribution in [0.2, 0.25) is 0 Å². The molecule has 0 spiro atoms. The molecule has 1 fully saturated rings. The SMILES string of the molecule is CN1CCCC1CCCCC(C)(C)C. The van der Waals surface area contributed by atoms with E-state index in [0.29, 0.717) is 5.41 Å². The van der Waals surface area contributed by atoms with Crippen LogP contribution in [0.3, 0.4) is 0 Å². The smallest absolute Gasteiger partial charge is 0.00926 e. The van der Waals surface area contributed by atoms with Crippen molar-refractivity contribution in [3.63, 3.8) is 0 Å². The lowest BCUT2D eigenvalue weighted by molar-refractivity contribution is 0.280. The van der Waals surface area contributed by atoms with Gasteiger partial charge >= 0.3 is 0 Å². The van der Waals surface area contributed by atoms with Crippen LogP contribution in [0.1, 0.15) is 59.3 Å². The Labute approximate surface area is 89.9 Å². The van der Waals surface area contributed by atoms with Gasteiger partial charge in [-0.05, 0) is 44.7 Å². The summed E-state index contributed by atoms with van der Waals surface area (Å²) in [5.74, 6) is 0. The minimum atomic E-state index is 0.529. The maximum Gasteiger partial charge on any atom is 0.00926 e. The van der Waals surface area contributed by atoms with Crippen molar-refractivity contribution < 1.29 is 0 Å². The minimum absolute atomic E-state index is 0.529. The summed E-state index contributed by atoms with van der Waals surface area (Å²) < 4.78 is 0. The van der Waals surface area contributed by atoms with Crippen LogP contribution in [-0.4, -0.2) is 24.5 Å². The van der Waals surface area contributed by atoms with E-state index in [1.807, 2.05) is 0 Å². The van der Waals surface area contributed by atoms with Gasteiger partial charge in [0.05, 0.1) is 0 Å². The summed E-state index contributed by atoms with van der Waals surface area (Å²) in [4.78, 5) is 2.54. The zero-order valence-electron chi connectivity index (χ0n) is 10.5. The fraction of sp³-hybridized carbons (Fsp3) is 1.00. The lowest BCUT2D eigenvalue weighted by Gasteiger charge is -2.21. The third-order valence-electron chi connectivity index (χ3n) is 3.39. The van der Waals surface area contributed by atoms with Gasteiger partial charge in [-0.1, -0.05) is 33.6 Å². The van der Waals surface area contributed by atoms with E-state index in [0.717, 1.165) is 6.04 Å². The van der Waals surface area contributed by atoms with E-state index in [9.17, 15) is 0 Å². The van der Waals surface area contributed by atoms with Crippen LogP contribution in [0.25, 0.3) is 0 Å². The van der Waals surface area contributed by atoms with Crippen LogP contribution >= 0.6 is 0 Å². The molecule has 84 valence electrons. The standard InChI is InChI=1S/C13H27N/c1-13(2,3)10-6-5-8-12-9-7-11-14(12)4/h12H,5-11H2,1-4H3. The molecule has 14 heavy (non-hydrogen) atoms. The van der Waals surface area contributed by atoms with E-state index < -0.39 is 0 Å². The van der Waals surface area contributed by atoms with E-state index in [2.05, 4.69) is 32.7 Å². The van der Waals surface area contributed by atoms with Gasteiger partial charge in [0.25, 0.3) is 0 Å². The first-order chi connectivity index (χ1) is 6.49. The number of nitrogens with zero attached hydrogens (tertiary/aromatic N) is 1. The van der Waals surface area contributed by atoms with Gasteiger partial charge < -0.3 is 4.90 Å². The van der Waals surface area contributed by atoms with Crippen molar-refractivity contribution in [2.24, 2.45) is 5.41 Å². The Bertz CT molecular complexity index is 157. The van der Waals surface area contributed by atoms with Crippen LogP contribution in [0, 0.1) is 5.41 Å². The molecule has 0 aliphatic carbocycles. The van der Waals surface area contributed by atoms with Gasteiger partial charge in [0.1, 0.15) is 0 Å². The van der Waals surface area contributed by atoms with Crippen molar-refractivity contribution in [3.05, 3.63) is 0 Å². The molecule has 0 N–H and O–H groups in total. The highest BCUT2D eigenvalue weighted by atomic mass is 15.1. The molecule has 1 nitrogen and oxygen atoms in total. The Morgan fingerprint density at radius 1 is 1.21 bits per heavy atom. The van der Waals surface area contributed by atoms with Crippen molar-refractivity contribution in [1.29, 1.82) is 0 Å². The fourth-order valence-corrected chi connectivity index (χ4v) is 2.38. The van der Waals surface area contributed by atoms with Crippen LogP contribution in [-0.2, 0) is 0 Å². The fourth-order valence-electron chi connectivity index (χ4n) is 2.38. The molecule has 1 saturated heterocycles. The molecule has 1 unspecified atom stereocenters. The van der Waals surface area contributed by atoms with Gasteiger partial charge in [-0.25, -0.2) is 0 Å². The third-order valence-corrected chi connectivity index (χ3v) is 3.39. The number of unbranched alkanes of at least 4 members (excludes halogenated alkanes) is 1. The quantitative estimate of drug-likeness (QED) is 0.621. The number of hydrogen-bond acceptors (Lipinski definition) is 1. The molecular formula is C13H27N. The Hall–Kier alpha value is -0.0400. The second kappa shape index (κ2) is 5.16. The molecular weight excluding hydrogens is 170 g/mol. The van der Waals surface area contributed by atoms with Gasteiger partial charge in [0.2, 0.25) is 0 Å². The largest absolute Gasteiger partial charge is 0.303 e. The van der Waals surface area contributed by atoms with Crippen LogP contribution in [0.5, 0.6) is 0 Å². The molecule has 0 amide bonds. The third kappa shape index (κ3) is 4.45. The number of likely N-dealkylation sites (tertiary alicyclic amines) is 1. The second-order valence-electron chi connectivity index (χ2n) is 6.08. The van der Waals surface area contributed by atoms with Gasteiger partial charge in [0.15, 0.2) is 0 Å². The van der Waals surface area contributed by atoms with E-state index in [1.54, 1.807) is 0 Å². The van der Waals surface area contributed by atoms with Gasteiger partial charge in [-0.15, -0.1) is 0 Å². The summed E-state index contributed by atoms with van der Waals surface area (Å²) in [5.41, 5.74) is 0.529. The Morgan fingerprint density at radius 2 is 1.93 bits per heavy atom. The summed E-state index contributed by atoms with van der Waals surface area (Å²) in [7, 11) is 2.28. The van der Waals surface area contributed by atoms with E-state index in [4.69, 9.17) is 0 Å². The minimum Gasteiger partial charge on any atom is -0.303 e. The lowest BCUT2D eigenvalue weighted by Crippen LogP contribution is -2.24. The van der Waals surface area contributed by atoms with Gasteiger partial charge in [-0.3, -0.25) is 0 Å². The normalized spacial score (nSPS) is 24.4. The van der Waals surface area contributed by atoms with E-state index >= 15 is 0 Å². The Balaban J connectivity index is 2.04. The highest BCUT2D eigenvalue weighted by Gasteiger charge is 2.20. The molecule has 1 heterocycles. The van der Waals surface area contributed by atoms with Crippen molar-refractivity contribution in [2.75, 3.05) is 13.6 Å². The maximum atomic E-state index is 2.54. The highest BCUT2D eigenvalue weighted by molar-refractivity contribution is 4.76. The molecule has 0 aromatic rings. The molecule has 1 aliphatic rings. The molecule has 0 saturated carbocycles. The van der Waals surface area contributed by atoms with Gasteiger partial charge in [0, 0.05) is 6.04 Å². The average Bonchev–Trinajstić information content (AvgIpc) is 2.44. The monoisotopic (exact) mass is 197 g/mol. The van der Waals surface area contributed by atoms with Crippen LogP contribution < -0.4 is 0 Å². The molecule has 1 heteroatoms. The molecule has 0 radical (unpaired) electrons. The van der Waals surface area contributed by atoms with E-state index in [1.165, 1.54) is 45.1 Å². The number of hydrogen-bond donors (Lipinski definition) is 0.